The van der Waals surface area contributed by atoms with E-state index in [0.717, 1.165) is 24.7 Å². The molecule has 0 aliphatic heterocycles. The summed E-state index contributed by atoms with van der Waals surface area (Å²) in [4.78, 5) is 36.1. The van der Waals surface area contributed by atoms with Crippen LogP contribution in [0.1, 0.15) is 52.9 Å². The number of aliphatic hydroxyl groups excluding tert-OH is 1. The van der Waals surface area contributed by atoms with Gasteiger partial charge in [0.15, 0.2) is 5.78 Å². The summed E-state index contributed by atoms with van der Waals surface area (Å²) in [6.45, 7) is 6.12. The molecule has 4 aliphatic rings. The third kappa shape index (κ3) is 2.37. The van der Waals surface area contributed by atoms with Gasteiger partial charge in [-0.2, -0.15) is 0 Å². The van der Waals surface area contributed by atoms with Gasteiger partial charge in [-0.25, -0.2) is 0 Å². The molecule has 2 N–H and O–H groups in total. The predicted octanol–water partition coefficient (Wildman–Crippen LogP) is 2.35. The maximum atomic E-state index is 12.4. The van der Waals surface area contributed by atoms with Crippen molar-refractivity contribution in [1.29, 1.82) is 0 Å². The first-order valence-electron chi connectivity index (χ1n) is 10.3. The minimum Gasteiger partial charge on any atom is -0.393 e. The van der Waals surface area contributed by atoms with E-state index in [2.05, 4.69) is 26.5 Å². The van der Waals surface area contributed by atoms with Crippen LogP contribution in [0.4, 0.5) is 0 Å². The van der Waals surface area contributed by atoms with Crippen molar-refractivity contribution in [3.63, 3.8) is 0 Å². The lowest BCUT2D eigenvalue weighted by molar-refractivity contribution is -0.178. The Balaban J connectivity index is 1.80. The maximum Gasteiger partial charge on any atom is 0.218 e. The number of rotatable bonds is 2. The summed E-state index contributed by atoms with van der Waals surface area (Å²) in [7, 11) is 0. The van der Waals surface area contributed by atoms with E-state index in [9.17, 15) is 24.6 Å². The van der Waals surface area contributed by atoms with E-state index < -0.39 is 33.6 Å². The van der Waals surface area contributed by atoms with Crippen LogP contribution in [0, 0.1) is 40.4 Å². The average Bonchev–Trinajstić information content (AvgIpc) is 2.88. The number of allylic oxidation sites excluding steroid dienone is 1. The summed E-state index contributed by atoms with van der Waals surface area (Å²) in [6, 6.07) is 0. The first-order valence-corrected chi connectivity index (χ1v) is 10.8. The Morgan fingerprint density at radius 1 is 1.32 bits per heavy atom. The quantitative estimate of drug-likeness (QED) is 0.372. The van der Waals surface area contributed by atoms with Gasteiger partial charge in [0.25, 0.3) is 0 Å². The fraction of sp³-hybridized carbons (Fsp3) is 0.773. The first-order chi connectivity index (χ1) is 13.0. The van der Waals surface area contributed by atoms with E-state index in [1.54, 1.807) is 6.08 Å². The van der Waals surface area contributed by atoms with Gasteiger partial charge in [0.2, 0.25) is 5.12 Å². The molecule has 3 saturated carbocycles. The zero-order chi connectivity index (χ0) is 20.6. The van der Waals surface area contributed by atoms with Crippen LogP contribution in [0.25, 0.3) is 0 Å². The molecule has 9 atom stereocenters. The lowest BCUT2D eigenvalue weighted by atomic mass is 9.43. The smallest absolute Gasteiger partial charge is 0.218 e. The highest BCUT2D eigenvalue weighted by molar-refractivity contribution is 7.96. The minimum atomic E-state index is -1.51. The van der Waals surface area contributed by atoms with Gasteiger partial charge in [-0.3, -0.25) is 9.59 Å². The average molecular weight is 407 g/mol. The molecule has 4 aliphatic carbocycles. The Kier molecular flexibility index (Phi) is 4.54. The standard InChI is InChI=1S/C22H30O5S/c1-11-6-13-14-4-5-22(27,19(26)28)21(14,3)9-17(25)18(13)20(2)8-12(10-23)16(24)7-15(11)20/h7,10-14,17-18,25,27H,4-6,8-9H2,1-3H3,(H,26,28). The molecule has 0 aromatic carbocycles. The van der Waals surface area contributed by atoms with Gasteiger partial charge >= 0.3 is 0 Å². The van der Waals surface area contributed by atoms with Gasteiger partial charge in [-0.15, -0.1) is 12.6 Å². The molecule has 3 fully saturated rings. The van der Waals surface area contributed by atoms with Crippen LogP contribution < -0.4 is 0 Å². The lowest BCUT2D eigenvalue weighted by Crippen LogP contribution is -2.62. The zero-order valence-electron chi connectivity index (χ0n) is 16.7. The van der Waals surface area contributed by atoms with E-state index >= 15 is 0 Å². The van der Waals surface area contributed by atoms with Crippen molar-refractivity contribution in [2.45, 2.75) is 64.6 Å². The molecule has 4 rings (SSSR count). The predicted molar refractivity (Wildman–Crippen MR) is 107 cm³/mol. The molecule has 154 valence electrons. The Hall–Kier alpha value is -0.980. The number of fused-ring (bicyclic) bond motifs is 5. The molecule has 0 aromatic rings. The van der Waals surface area contributed by atoms with Crippen molar-refractivity contribution in [1.82, 2.24) is 0 Å². The Labute approximate surface area is 171 Å². The van der Waals surface area contributed by atoms with E-state index in [0.29, 0.717) is 19.3 Å². The summed E-state index contributed by atoms with van der Waals surface area (Å²) >= 11 is 3.98. The largest absolute Gasteiger partial charge is 0.393 e. The van der Waals surface area contributed by atoms with Crippen LogP contribution in [-0.4, -0.2) is 39.1 Å². The Morgan fingerprint density at radius 2 is 2.00 bits per heavy atom. The van der Waals surface area contributed by atoms with Gasteiger partial charge in [0.1, 0.15) is 11.9 Å². The van der Waals surface area contributed by atoms with Gasteiger partial charge in [0.05, 0.1) is 12.0 Å². The van der Waals surface area contributed by atoms with Crippen LogP contribution in [0.3, 0.4) is 0 Å². The number of carbonyl (C=O) groups excluding carboxylic acids is 3. The second-order valence-electron chi connectivity index (χ2n) is 10.2. The van der Waals surface area contributed by atoms with Gasteiger partial charge < -0.3 is 15.0 Å². The molecule has 0 heterocycles. The lowest BCUT2D eigenvalue weighted by Gasteiger charge is -2.62. The molecule has 28 heavy (non-hydrogen) atoms. The van der Waals surface area contributed by atoms with Gasteiger partial charge in [-0.1, -0.05) is 26.3 Å². The zero-order valence-corrected chi connectivity index (χ0v) is 17.6. The summed E-state index contributed by atoms with van der Waals surface area (Å²) < 4.78 is 0. The summed E-state index contributed by atoms with van der Waals surface area (Å²) in [5, 5.41) is 22.0. The highest BCUT2D eigenvalue weighted by Crippen LogP contribution is 2.68. The highest BCUT2D eigenvalue weighted by Gasteiger charge is 2.68. The number of carbonyl (C=O) groups is 3. The van der Waals surface area contributed by atoms with Gasteiger partial charge in [-0.05, 0) is 67.3 Å². The molecule has 5 nitrogen and oxygen atoms in total. The fourth-order valence-corrected chi connectivity index (χ4v) is 8.09. The maximum absolute atomic E-state index is 12.4. The molecule has 9 unspecified atom stereocenters. The van der Waals surface area contributed by atoms with Crippen molar-refractivity contribution in [3.8, 4) is 0 Å². The Bertz CT molecular complexity index is 777. The van der Waals surface area contributed by atoms with Crippen molar-refractivity contribution in [3.05, 3.63) is 11.6 Å². The molecule has 0 aromatic heterocycles. The molecule has 6 heteroatoms. The number of hydrogen-bond acceptors (Lipinski definition) is 5. The van der Waals surface area contributed by atoms with Crippen molar-refractivity contribution < 1.29 is 24.6 Å². The molecule has 0 radical (unpaired) electrons. The van der Waals surface area contributed by atoms with Crippen LogP contribution in [0.15, 0.2) is 11.6 Å². The van der Waals surface area contributed by atoms with Crippen LogP contribution in [-0.2, 0) is 14.4 Å². The highest BCUT2D eigenvalue weighted by atomic mass is 32.1. The molecule has 0 spiro atoms. The molecular formula is C22H30O5S. The van der Waals surface area contributed by atoms with Crippen LogP contribution >= 0.6 is 12.6 Å². The third-order valence-corrected chi connectivity index (χ3v) is 9.35. The number of aliphatic hydroxyl groups is 2. The van der Waals surface area contributed by atoms with Gasteiger partial charge in [0, 0.05) is 5.41 Å². The van der Waals surface area contributed by atoms with Crippen molar-refractivity contribution in [2.24, 2.45) is 40.4 Å². The first kappa shape index (κ1) is 20.3. The fourth-order valence-electron chi connectivity index (χ4n) is 7.72. The van der Waals surface area contributed by atoms with Crippen molar-refractivity contribution in [2.75, 3.05) is 0 Å². The SMILES string of the molecule is CC1CC2C(C(O)CC3(C)C2CCC3(O)C(=O)S)C2(C)CC(C=O)C(=O)C=C12. The number of thiol groups is 1. The van der Waals surface area contributed by atoms with Crippen LogP contribution in [0.5, 0.6) is 0 Å². The van der Waals surface area contributed by atoms with Crippen molar-refractivity contribution >= 4 is 29.8 Å². The molecule has 0 saturated heterocycles. The van der Waals surface area contributed by atoms with E-state index in [4.69, 9.17) is 0 Å². The second-order valence-corrected chi connectivity index (χ2v) is 10.6. The number of aldehydes is 1. The van der Waals surface area contributed by atoms with E-state index in [-0.39, 0.29) is 29.5 Å². The minimum absolute atomic E-state index is 0.0825. The van der Waals surface area contributed by atoms with Crippen LogP contribution in [0.2, 0.25) is 0 Å². The molecule has 0 amide bonds. The monoisotopic (exact) mass is 406 g/mol. The molecule has 0 bridgehead atoms. The molecular weight excluding hydrogens is 376 g/mol. The number of ketones is 1. The topological polar surface area (TPSA) is 91.7 Å². The van der Waals surface area contributed by atoms with E-state index in [1.165, 1.54) is 0 Å². The summed E-state index contributed by atoms with van der Waals surface area (Å²) in [5.74, 6) is -0.458. The second kappa shape index (κ2) is 6.26. The number of hydrogen-bond donors (Lipinski definition) is 3. The Morgan fingerprint density at radius 3 is 2.61 bits per heavy atom. The van der Waals surface area contributed by atoms with E-state index in [1.807, 2.05) is 6.92 Å². The normalized spacial score (nSPS) is 52.9. The summed E-state index contributed by atoms with van der Waals surface area (Å²) in [6.07, 6.45) is 4.38. The third-order valence-electron chi connectivity index (χ3n) is 8.98. The summed E-state index contributed by atoms with van der Waals surface area (Å²) in [5.41, 5.74) is -1.59.